The van der Waals surface area contributed by atoms with Gasteiger partial charge in [-0.3, -0.25) is 4.79 Å². The Hall–Kier alpha value is -1.68. The van der Waals surface area contributed by atoms with Gasteiger partial charge in [0.05, 0.1) is 0 Å². The lowest BCUT2D eigenvalue weighted by molar-refractivity contribution is -0.127. The van der Waals surface area contributed by atoms with Crippen molar-refractivity contribution in [2.75, 3.05) is 32.7 Å². The maximum atomic E-state index is 13.0. The van der Waals surface area contributed by atoms with Crippen LogP contribution in [-0.2, 0) is 4.79 Å². The monoisotopic (exact) mass is 262 g/mol. The summed E-state index contributed by atoms with van der Waals surface area (Å²) in [5, 5.41) is 0. The second-order valence-corrected chi connectivity index (χ2v) is 4.65. The highest BCUT2D eigenvalue weighted by Crippen LogP contribution is 2.07. The van der Waals surface area contributed by atoms with Crippen LogP contribution in [0.25, 0.3) is 6.08 Å². The summed E-state index contributed by atoms with van der Waals surface area (Å²) < 4.78 is 13.0. The highest BCUT2D eigenvalue weighted by atomic mass is 19.1. The standard InChI is InChI=1S/C15H19FN2O/c1-2-17-8-10-18(11-9-17)15(19)7-6-13-4-3-5-14(16)12-13/h3-7,12H,2,8-11H2,1H3/b7-6+. The van der Waals surface area contributed by atoms with E-state index in [4.69, 9.17) is 0 Å². The zero-order valence-corrected chi connectivity index (χ0v) is 11.2. The van der Waals surface area contributed by atoms with Crippen molar-refractivity contribution in [3.8, 4) is 0 Å². The summed E-state index contributed by atoms with van der Waals surface area (Å²) in [5.41, 5.74) is 0.709. The van der Waals surface area contributed by atoms with E-state index in [1.54, 1.807) is 18.2 Å². The Morgan fingerprint density at radius 2 is 2.05 bits per heavy atom. The molecule has 0 unspecified atom stereocenters. The first kappa shape index (κ1) is 13.7. The molecule has 1 heterocycles. The third kappa shape index (κ3) is 3.89. The largest absolute Gasteiger partial charge is 0.337 e. The van der Waals surface area contributed by atoms with Gasteiger partial charge in [0, 0.05) is 32.3 Å². The Labute approximate surface area is 113 Å². The predicted molar refractivity (Wildman–Crippen MR) is 74.1 cm³/mol. The van der Waals surface area contributed by atoms with Crippen molar-refractivity contribution in [3.63, 3.8) is 0 Å². The molecule has 0 radical (unpaired) electrons. The summed E-state index contributed by atoms with van der Waals surface area (Å²) in [6, 6.07) is 6.23. The topological polar surface area (TPSA) is 23.6 Å². The number of halogens is 1. The minimum absolute atomic E-state index is 0.0000132. The second-order valence-electron chi connectivity index (χ2n) is 4.65. The van der Waals surface area contributed by atoms with Gasteiger partial charge in [-0.1, -0.05) is 19.1 Å². The number of hydrogen-bond donors (Lipinski definition) is 0. The molecule has 1 aromatic rings. The van der Waals surface area contributed by atoms with Gasteiger partial charge in [0.2, 0.25) is 5.91 Å². The molecule has 0 N–H and O–H groups in total. The van der Waals surface area contributed by atoms with E-state index >= 15 is 0 Å². The summed E-state index contributed by atoms with van der Waals surface area (Å²) in [6.45, 7) is 6.54. The molecule has 19 heavy (non-hydrogen) atoms. The Bertz CT molecular complexity index is 465. The van der Waals surface area contributed by atoms with Crippen LogP contribution in [0.2, 0.25) is 0 Å². The van der Waals surface area contributed by atoms with E-state index in [0.717, 1.165) is 32.7 Å². The number of rotatable bonds is 3. The smallest absolute Gasteiger partial charge is 0.246 e. The second kappa shape index (κ2) is 6.48. The van der Waals surface area contributed by atoms with Gasteiger partial charge in [-0.2, -0.15) is 0 Å². The Kier molecular flexibility index (Phi) is 4.68. The number of nitrogens with zero attached hydrogens (tertiary/aromatic N) is 2. The van der Waals surface area contributed by atoms with Crippen molar-refractivity contribution in [2.24, 2.45) is 0 Å². The van der Waals surface area contributed by atoms with Crippen LogP contribution in [0.4, 0.5) is 4.39 Å². The number of benzene rings is 1. The number of carbonyl (C=O) groups excluding carboxylic acids is 1. The van der Waals surface area contributed by atoms with E-state index in [9.17, 15) is 9.18 Å². The molecule has 4 heteroatoms. The molecule has 0 bridgehead atoms. The first-order valence-electron chi connectivity index (χ1n) is 6.64. The minimum atomic E-state index is -0.286. The number of carbonyl (C=O) groups is 1. The molecular weight excluding hydrogens is 243 g/mol. The average molecular weight is 262 g/mol. The first-order valence-corrected chi connectivity index (χ1v) is 6.64. The van der Waals surface area contributed by atoms with Crippen LogP contribution in [-0.4, -0.2) is 48.4 Å². The summed E-state index contributed by atoms with van der Waals surface area (Å²) in [5.74, 6) is -0.286. The lowest BCUT2D eigenvalue weighted by Crippen LogP contribution is -2.48. The van der Waals surface area contributed by atoms with E-state index in [0.29, 0.717) is 5.56 Å². The summed E-state index contributed by atoms with van der Waals surface area (Å²) >= 11 is 0. The quantitative estimate of drug-likeness (QED) is 0.778. The van der Waals surface area contributed by atoms with Gasteiger partial charge in [-0.25, -0.2) is 4.39 Å². The average Bonchev–Trinajstić information content (AvgIpc) is 2.45. The maximum Gasteiger partial charge on any atom is 0.246 e. The molecule has 0 aromatic heterocycles. The molecule has 0 aliphatic carbocycles. The summed E-state index contributed by atoms with van der Waals surface area (Å²) in [6.07, 6.45) is 3.19. The molecule has 3 nitrogen and oxygen atoms in total. The number of piperazine rings is 1. The van der Waals surface area contributed by atoms with Crippen LogP contribution in [0, 0.1) is 5.82 Å². The van der Waals surface area contributed by atoms with Gasteiger partial charge in [-0.15, -0.1) is 0 Å². The molecule has 0 spiro atoms. The zero-order chi connectivity index (χ0) is 13.7. The van der Waals surface area contributed by atoms with Crippen LogP contribution in [0.15, 0.2) is 30.3 Å². The summed E-state index contributed by atoms with van der Waals surface area (Å²) in [7, 11) is 0. The Morgan fingerprint density at radius 3 is 2.68 bits per heavy atom. The van der Waals surface area contributed by atoms with Crippen molar-refractivity contribution < 1.29 is 9.18 Å². The van der Waals surface area contributed by atoms with E-state index in [1.807, 2.05) is 4.90 Å². The van der Waals surface area contributed by atoms with Crippen LogP contribution in [0.3, 0.4) is 0 Å². The lowest BCUT2D eigenvalue weighted by Gasteiger charge is -2.33. The van der Waals surface area contributed by atoms with E-state index in [-0.39, 0.29) is 11.7 Å². The van der Waals surface area contributed by atoms with Crippen LogP contribution >= 0.6 is 0 Å². The molecule has 1 fully saturated rings. The molecule has 1 aliphatic rings. The Balaban J connectivity index is 1.91. The molecule has 1 aromatic carbocycles. The molecule has 0 saturated carbocycles. The number of likely N-dealkylation sites (N-methyl/N-ethyl adjacent to an activating group) is 1. The fraction of sp³-hybridized carbons (Fsp3) is 0.400. The van der Waals surface area contributed by atoms with Gasteiger partial charge in [0.1, 0.15) is 5.82 Å². The van der Waals surface area contributed by atoms with Gasteiger partial charge in [0.15, 0.2) is 0 Å². The van der Waals surface area contributed by atoms with Crippen LogP contribution in [0.1, 0.15) is 12.5 Å². The lowest BCUT2D eigenvalue weighted by atomic mass is 10.2. The van der Waals surface area contributed by atoms with E-state index in [2.05, 4.69) is 11.8 Å². The first-order chi connectivity index (χ1) is 9.19. The molecule has 102 valence electrons. The van der Waals surface area contributed by atoms with Crippen molar-refractivity contribution >= 4 is 12.0 Å². The summed E-state index contributed by atoms with van der Waals surface area (Å²) in [4.78, 5) is 16.1. The fourth-order valence-corrected chi connectivity index (χ4v) is 2.17. The van der Waals surface area contributed by atoms with E-state index in [1.165, 1.54) is 18.2 Å². The van der Waals surface area contributed by atoms with Gasteiger partial charge in [-0.05, 0) is 30.3 Å². The third-order valence-electron chi connectivity index (χ3n) is 3.40. The normalized spacial score (nSPS) is 17.1. The predicted octanol–water partition coefficient (Wildman–Crippen LogP) is 2.00. The van der Waals surface area contributed by atoms with Crippen LogP contribution in [0.5, 0.6) is 0 Å². The number of amides is 1. The SMILES string of the molecule is CCN1CCN(C(=O)/C=C/c2cccc(F)c2)CC1. The van der Waals surface area contributed by atoms with Crippen molar-refractivity contribution in [2.45, 2.75) is 6.92 Å². The van der Waals surface area contributed by atoms with Gasteiger partial charge in [0.25, 0.3) is 0 Å². The molecular formula is C15H19FN2O. The Morgan fingerprint density at radius 1 is 1.32 bits per heavy atom. The van der Waals surface area contributed by atoms with Gasteiger partial charge >= 0.3 is 0 Å². The highest BCUT2D eigenvalue weighted by molar-refractivity contribution is 5.91. The van der Waals surface area contributed by atoms with Crippen LogP contribution < -0.4 is 0 Å². The zero-order valence-electron chi connectivity index (χ0n) is 11.2. The van der Waals surface area contributed by atoms with Crippen molar-refractivity contribution in [3.05, 3.63) is 41.7 Å². The fourth-order valence-electron chi connectivity index (χ4n) is 2.17. The highest BCUT2D eigenvalue weighted by Gasteiger charge is 2.17. The molecule has 1 amide bonds. The van der Waals surface area contributed by atoms with Gasteiger partial charge < -0.3 is 9.80 Å². The molecule has 2 rings (SSSR count). The maximum absolute atomic E-state index is 13.0. The molecule has 0 atom stereocenters. The third-order valence-corrected chi connectivity index (χ3v) is 3.40. The minimum Gasteiger partial charge on any atom is -0.337 e. The molecule has 1 saturated heterocycles. The molecule has 1 aliphatic heterocycles. The van der Waals surface area contributed by atoms with Crippen molar-refractivity contribution in [1.29, 1.82) is 0 Å². The van der Waals surface area contributed by atoms with Crippen molar-refractivity contribution in [1.82, 2.24) is 9.80 Å². The van der Waals surface area contributed by atoms with E-state index < -0.39 is 0 Å². The number of hydrogen-bond acceptors (Lipinski definition) is 2.